The third kappa shape index (κ3) is 4.00. The highest BCUT2D eigenvalue weighted by molar-refractivity contribution is 6.07. The lowest BCUT2D eigenvalue weighted by Crippen LogP contribution is -2.18. The molecule has 1 aliphatic rings. The summed E-state index contributed by atoms with van der Waals surface area (Å²) in [6.07, 6.45) is 1.54. The van der Waals surface area contributed by atoms with E-state index >= 15 is 0 Å². The van der Waals surface area contributed by atoms with Crippen LogP contribution < -0.4 is 14.9 Å². The van der Waals surface area contributed by atoms with Crippen LogP contribution in [0.15, 0.2) is 77.9 Å². The first-order valence-corrected chi connectivity index (χ1v) is 10.1. The largest absolute Gasteiger partial charge is 0.486 e. The van der Waals surface area contributed by atoms with Crippen molar-refractivity contribution in [2.45, 2.75) is 0 Å². The molecule has 0 radical (unpaired) electrons. The number of pyridine rings is 1. The van der Waals surface area contributed by atoms with Gasteiger partial charge in [-0.1, -0.05) is 18.2 Å². The summed E-state index contributed by atoms with van der Waals surface area (Å²) in [5, 5.41) is 4.80. The predicted octanol–water partition coefficient (Wildman–Crippen LogP) is 4.58. The van der Waals surface area contributed by atoms with Gasteiger partial charge >= 0.3 is 0 Å². The van der Waals surface area contributed by atoms with E-state index in [0.29, 0.717) is 52.4 Å². The summed E-state index contributed by atoms with van der Waals surface area (Å²) in [7, 11) is 0. The van der Waals surface area contributed by atoms with E-state index in [-0.39, 0.29) is 11.7 Å². The SMILES string of the molecule is O=C(NN=Cc1ccc2c(c1)OCCO2)c1cc(-c2ccc(F)cc2)nc2ccccc12. The number of nitrogens with one attached hydrogen (secondary N) is 1. The zero-order valence-electron chi connectivity index (χ0n) is 16.9. The van der Waals surface area contributed by atoms with Gasteiger partial charge in [0, 0.05) is 10.9 Å². The van der Waals surface area contributed by atoms with E-state index < -0.39 is 0 Å². The summed E-state index contributed by atoms with van der Waals surface area (Å²) in [5.41, 5.74) is 5.72. The van der Waals surface area contributed by atoms with E-state index in [1.54, 1.807) is 30.5 Å². The summed E-state index contributed by atoms with van der Waals surface area (Å²) in [5.74, 6) is 0.631. The van der Waals surface area contributed by atoms with Crippen molar-refractivity contribution in [3.05, 3.63) is 89.7 Å². The van der Waals surface area contributed by atoms with Crippen LogP contribution in [0.5, 0.6) is 11.5 Å². The van der Waals surface area contributed by atoms with Crippen LogP contribution in [0.4, 0.5) is 4.39 Å². The van der Waals surface area contributed by atoms with Gasteiger partial charge in [-0.15, -0.1) is 0 Å². The van der Waals surface area contributed by atoms with Crippen molar-refractivity contribution in [1.82, 2.24) is 10.4 Å². The minimum atomic E-state index is -0.374. The van der Waals surface area contributed by atoms with Crippen molar-refractivity contribution in [2.24, 2.45) is 5.10 Å². The number of rotatable bonds is 4. The standard InChI is InChI=1S/C25H18FN3O3/c26-18-8-6-17(7-9-18)22-14-20(19-3-1-2-4-21(19)28-22)25(30)29-27-15-16-5-10-23-24(13-16)32-12-11-31-23/h1-10,13-15H,11-12H2,(H,29,30). The smallest absolute Gasteiger partial charge is 0.272 e. The number of hydrazone groups is 1. The molecule has 1 aromatic heterocycles. The number of carbonyl (C=O) groups is 1. The molecule has 158 valence electrons. The van der Waals surface area contributed by atoms with Crippen LogP contribution in [-0.2, 0) is 0 Å². The fourth-order valence-electron chi connectivity index (χ4n) is 3.50. The number of carbonyl (C=O) groups excluding carboxylic acids is 1. The van der Waals surface area contributed by atoms with Gasteiger partial charge in [0.1, 0.15) is 19.0 Å². The Balaban J connectivity index is 1.42. The number of hydrogen-bond acceptors (Lipinski definition) is 5. The Kier molecular flexibility index (Phi) is 5.21. The molecule has 0 spiro atoms. The molecule has 5 rings (SSSR count). The number of fused-ring (bicyclic) bond motifs is 2. The fraction of sp³-hybridized carbons (Fsp3) is 0.0800. The van der Waals surface area contributed by atoms with Gasteiger partial charge in [0.2, 0.25) is 0 Å². The van der Waals surface area contributed by atoms with Crippen LogP contribution >= 0.6 is 0 Å². The highest BCUT2D eigenvalue weighted by Gasteiger charge is 2.14. The molecule has 1 N–H and O–H groups in total. The molecule has 3 aromatic carbocycles. The van der Waals surface area contributed by atoms with E-state index in [2.05, 4.69) is 15.5 Å². The zero-order valence-corrected chi connectivity index (χ0v) is 16.9. The maximum absolute atomic E-state index is 13.3. The molecule has 1 amide bonds. The minimum Gasteiger partial charge on any atom is -0.486 e. The van der Waals surface area contributed by atoms with Crippen molar-refractivity contribution in [1.29, 1.82) is 0 Å². The average molecular weight is 427 g/mol. The molecule has 0 fully saturated rings. The van der Waals surface area contributed by atoms with Crippen LogP contribution in [0.25, 0.3) is 22.2 Å². The van der Waals surface area contributed by atoms with Crippen LogP contribution in [0.3, 0.4) is 0 Å². The third-order valence-electron chi connectivity index (χ3n) is 5.05. The Morgan fingerprint density at radius 2 is 1.75 bits per heavy atom. The number of amides is 1. The van der Waals surface area contributed by atoms with Crippen LogP contribution in [0.2, 0.25) is 0 Å². The second kappa shape index (κ2) is 8.47. The number of nitrogens with zero attached hydrogens (tertiary/aromatic N) is 2. The lowest BCUT2D eigenvalue weighted by molar-refractivity contribution is 0.0956. The Hall–Kier alpha value is -4.26. The highest BCUT2D eigenvalue weighted by atomic mass is 19.1. The maximum atomic E-state index is 13.3. The summed E-state index contributed by atoms with van der Waals surface area (Å²) in [6, 6.07) is 20.5. The lowest BCUT2D eigenvalue weighted by Gasteiger charge is -2.18. The number of hydrogen-bond donors (Lipinski definition) is 1. The summed E-state index contributed by atoms with van der Waals surface area (Å²) in [4.78, 5) is 17.6. The number of para-hydroxylation sites is 1. The first kappa shape index (κ1) is 19.7. The van der Waals surface area contributed by atoms with Gasteiger partial charge in [0.15, 0.2) is 11.5 Å². The normalized spacial score (nSPS) is 12.8. The molecular weight excluding hydrogens is 409 g/mol. The molecule has 0 atom stereocenters. The van der Waals surface area contributed by atoms with Gasteiger partial charge in [0.25, 0.3) is 5.91 Å². The van der Waals surface area contributed by atoms with Gasteiger partial charge in [0.05, 0.1) is 23.0 Å². The van der Waals surface area contributed by atoms with E-state index in [9.17, 15) is 9.18 Å². The Bertz CT molecular complexity index is 1340. The first-order valence-electron chi connectivity index (χ1n) is 10.1. The molecular formula is C25H18FN3O3. The van der Waals surface area contributed by atoms with E-state index in [4.69, 9.17) is 9.47 Å². The molecule has 0 bridgehead atoms. The van der Waals surface area contributed by atoms with E-state index in [0.717, 1.165) is 5.56 Å². The van der Waals surface area contributed by atoms with Crippen molar-refractivity contribution < 1.29 is 18.7 Å². The van der Waals surface area contributed by atoms with Crippen LogP contribution in [-0.4, -0.2) is 30.3 Å². The molecule has 7 heteroatoms. The van der Waals surface area contributed by atoms with Crippen molar-refractivity contribution >= 4 is 23.0 Å². The van der Waals surface area contributed by atoms with Gasteiger partial charge < -0.3 is 9.47 Å². The molecule has 1 aliphatic heterocycles. The Labute approximate surface area is 183 Å². The van der Waals surface area contributed by atoms with Crippen molar-refractivity contribution in [2.75, 3.05) is 13.2 Å². The van der Waals surface area contributed by atoms with Crippen molar-refractivity contribution in [3.8, 4) is 22.8 Å². The summed E-state index contributed by atoms with van der Waals surface area (Å²) >= 11 is 0. The van der Waals surface area contributed by atoms with Crippen LogP contribution in [0, 0.1) is 5.82 Å². The van der Waals surface area contributed by atoms with Gasteiger partial charge in [-0.25, -0.2) is 14.8 Å². The van der Waals surface area contributed by atoms with Gasteiger partial charge in [-0.2, -0.15) is 5.10 Å². The number of benzene rings is 3. The second-order valence-corrected chi connectivity index (χ2v) is 7.18. The Morgan fingerprint density at radius 1 is 0.969 bits per heavy atom. The molecule has 0 aliphatic carbocycles. The molecule has 4 aromatic rings. The minimum absolute atomic E-state index is 0.332. The average Bonchev–Trinajstić information content (AvgIpc) is 2.83. The molecule has 32 heavy (non-hydrogen) atoms. The summed E-state index contributed by atoms with van der Waals surface area (Å²) < 4.78 is 24.4. The monoisotopic (exact) mass is 427 g/mol. The highest BCUT2D eigenvalue weighted by Crippen LogP contribution is 2.30. The first-order chi connectivity index (χ1) is 15.7. The third-order valence-corrected chi connectivity index (χ3v) is 5.05. The van der Waals surface area contributed by atoms with Gasteiger partial charge in [-0.3, -0.25) is 4.79 Å². The quantitative estimate of drug-likeness (QED) is 0.382. The zero-order chi connectivity index (χ0) is 21.9. The van der Waals surface area contributed by atoms with E-state index in [1.165, 1.54) is 12.1 Å². The molecule has 0 saturated carbocycles. The summed E-state index contributed by atoms with van der Waals surface area (Å²) in [6.45, 7) is 1.02. The number of ether oxygens (including phenoxy) is 2. The second-order valence-electron chi connectivity index (χ2n) is 7.18. The lowest BCUT2D eigenvalue weighted by atomic mass is 10.0. The predicted molar refractivity (Wildman–Crippen MR) is 120 cm³/mol. The topological polar surface area (TPSA) is 72.8 Å². The van der Waals surface area contributed by atoms with E-state index in [1.807, 2.05) is 36.4 Å². The molecule has 0 saturated heterocycles. The molecule has 2 heterocycles. The Morgan fingerprint density at radius 3 is 2.59 bits per heavy atom. The van der Waals surface area contributed by atoms with Crippen LogP contribution in [0.1, 0.15) is 15.9 Å². The maximum Gasteiger partial charge on any atom is 0.272 e. The number of aromatic nitrogens is 1. The molecule has 0 unspecified atom stereocenters. The molecule has 6 nitrogen and oxygen atoms in total. The van der Waals surface area contributed by atoms with Gasteiger partial charge in [-0.05, 0) is 60.2 Å². The number of halogens is 1. The fourth-order valence-corrected chi connectivity index (χ4v) is 3.50. The van der Waals surface area contributed by atoms with Crippen molar-refractivity contribution in [3.63, 3.8) is 0 Å².